The smallest absolute Gasteiger partial charge is 0.136 e. The predicted octanol–water partition coefficient (Wildman–Crippen LogP) is 3.84. The first-order valence-corrected chi connectivity index (χ1v) is 7.62. The van der Waals surface area contributed by atoms with E-state index in [1.165, 1.54) is 24.6 Å². The van der Waals surface area contributed by atoms with E-state index in [2.05, 4.69) is 22.0 Å². The Hall–Kier alpha value is -1.48. The van der Waals surface area contributed by atoms with Gasteiger partial charge in [0.05, 0.1) is 7.11 Å². The van der Waals surface area contributed by atoms with Gasteiger partial charge in [-0.15, -0.1) is 11.6 Å². The van der Waals surface area contributed by atoms with E-state index in [-0.39, 0.29) is 0 Å². The van der Waals surface area contributed by atoms with E-state index in [4.69, 9.17) is 16.3 Å². The lowest BCUT2D eigenvalue weighted by Crippen LogP contribution is -2.42. The summed E-state index contributed by atoms with van der Waals surface area (Å²) in [6.07, 6.45) is 5.66. The molecule has 1 aromatic carbocycles. The summed E-state index contributed by atoms with van der Waals surface area (Å²) in [5.74, 6) is 2.56. The average molecular weight is 291 g/mol. The summed E-state index contributed by atoms with van der Waals surface area (Å²) >= 11 is 5.98. The van der Waals surface area contributed by atoms with E-state index in [0.29, 0.717) is 11.9 Å². The molecular weight excluding hydrogens is 272 g/mol. The number of ether oxygens (including phenoxy) is 1. The number of hydrogen-bond acceptors (Lipinski definition) is 3. The van der Waals surface area contributed by atoms with Crippen molar-refractivity contribution >= 4 is 28.2 Å². The van der Waals surface area contributed by atoms with E-state index in [9.17, 15) is 0 Å². The van der Waals surface area contributed by atoms with Crippen molar-refractivity contribution in [3.8, 4) is 5.75 Å². The number of methoxy groups -OCH3 is 1. The van der Waals surface area contributed by atoms with Crippen LogP contribution in [0.2, 0.25) is 0 Å². The minimum Gasteiger partial charge on any atom is -0.497 e. The molecule has 0 saturated heterocycles. The molecule has 0 spiro atoms. The maximum Gasteiger partial charge on any atom is 0.136 e. The van der Waals surface area contributed by atoms with E-state index < -0.39 is 0 Å². The Kier molecular flexibility index (Phi) is 3.97. The molecule has 3 nitrogen and oxygen atoms in total. The number of alkyl halides is 1. The molecule has 0 atom stereocenters. The monoisotopic (exact) mass is 290 g/mol. The van der Waals surface area contributed by atoms with Crippen LogP contribution < -0.4 is 9.64 Å². The fraction of sp³-hybridized carbons (Fsp3) is 0.438. The van der Waals surface area contributed by atoms with E-state index in [1.807, 2.05) is 18.3 Å². The molecule has 1 aliphatic carbocycles. The highest BCUT2D eigenvalue weighted by Crippen LogP contribution is 2.33. The molecule has 1 heterocycles. The van der Waals surface area contributed by atoms with Gasteiger partial charge in [0.2, 0.25) is 0 Å². The molecule has 0 aliphatic heterocycles. The lowest BCUT2D eigenvalue weighted by molar-refractivity contribution is 0.389. The predicted molar refractivity (Wildman–Crippen MR) is 84.0 cm³/mol. The van der Waals surface area contributed by atoms with Crippen molar-refractivity contribution in [1.82, 2.24) is 4.98 Å². The van der Waals surface area contributed by atoms with E-state index >= 15 is 0 Å². The van der Waals surface area contributed by atoms with Crippen molar-refractivity contribution in [1.29, 1.82) is 0 Å². The Morgan fingerprint density at radius 3 is 2.85 bits per heavy atom. The van der Waals surface area contributed by atoms with Crippen molar-refractivity contribution in [2.45, 2.75) is 25.3 Å². The molecule has 0 amide bonds. The highest BCUT2D eigenvalue weighted by atomic mass is 35.5. The molecule has 2 aromatic rings. The Morgan fingerprint density at radius 2 is 2.20 bits per heavy atom. The van der Waals surface area contributed by atoms with Crippen LogP contribution in [0.4, 0.5) is 5.82 Å². The second-order valence-electron chi connectivity index (χ2n) is 5.19. The van der Waals surface area contributed by atoms with Crippen molar-refractivity contribution in [2.24, 2.45) is 0 Å². The third-order valence-corrected chi connectivity index (χ3v) is 4.23. The van der Waals surface area contributed by atoms with Crippen LogP contribution in [0.3, 0.4) is 0 Å². The lowest BCUT2D eigenvalue weighted by Gasteiger charge is -2.38. The van der Waals surface area contributed by atoms with Gasteiger partial charge < -0.3 is 9.64 Å². The Balaban J connectivity index is 2.04. The van der Waals surface area contributed by atoms with Crippen molar-refractivity contribution in [3.05, 3.63) is 30.5 Å². The van der Waals surface area contributed by atoms with Crippen LogP contribution in [-0.4, -0.2) is 30.6 Å². The third kappa shape index (κ3) is 2.42. The minimum atomic E-state index is 0.592. The van der Waals surface area contributed by atoms with Gasteiger partial charge in [0.15, 0.2) is 0 Å². The maximum atomic E-state index is 5.98. The largest absolute Gasteiger partial charge is 0.497 e. The molecule has 1 fully saturated rings. The van der Waals surface area contributed by atoms with Crippen molar-refractivity contribution in [3.63, 3.8) is 0 Å². The maximum absolute atomic E-state index is 5.98. The molecule has 0 unspecified atom stereocenters. The van der Waals surface area contributed by atoms with Crippen molar-refractivity contribution in [2.75, 3.05) is 24.4 Å². The number of nitrogens with zero attached hydrogens (tertiary/aromatic N) is 2. The molecule has 106 valence electrons. The van der Waals surface area contributed by atoms with E-state index in [1.54, 1.807) is 7.11 Å². The van der Waals surface area contributed by atoms with Gasteiger partial charge in [0, 0.05) is 30.0 Å². The summed E-state index contributed by atoms with van der Waals surface area (Å²) in [5, 5.41) is 2.33. The third-order valence-electron chi connectivity index (χ3n) is 4.06. The van der Waals surface area contributed by atoms with Crippen LogP contribution in [0.15, 0.2) is 30.5 Å². The number of hydrogen-bond donors (Lipinski definition) is 0. The molecule has 0 radical (unpaired) electrons. The van der Waals surface area contributed by atoms with Crippen LogP contribution in [-0.2, 0) is 0 Å². The van der Waals surface area contributed by atoms with Gasteiger partial charge in [-0.05, 0) is 48.9 Å². The highest BCUT2D eigenvalue weighted by Gasteiger charge is 2.26. The average Bonchev–Trinajstić information content (AvgIpc) is 2.43. The zero-order chi connectivity index (χ0) is 13.9. The van der Waals surface area contributed by atoms with Gasteiger partial charge in [-0.3, -0.25) is 0 Å². The minimum absolute atomic E-state index is 0.592. The number of benzene rings is 1. The summed E-state index contributed by atoms with van der Waals surface area (Å²) in [5.41, 5.74) is 0. The summed E-state index contributed by atoms with van der Waals surface area (Å²) < 4.78 is 5.29. The number of aromatic nitrogens is 1. The molecule has 1 aliphatic rings. The summed E-state index contributed by atoms with van der Waals surface area (Å²) in [7, 11) is 1.69. The quantitative estimate of drug-likeness (QED) is 0.782. The summed E-state index contributed by atoms with van der Waals surface area (Å²) in [6, 6.07) is 8.76. The van der Waals surface area contributed by atoms with Gasteiger partial charge in [-0.2, -0.15) is 0 Å². The second-order valence-corrected chi connectivity index (χ2v) is 5.57. The van der Waals surface area contributed by atoms with E-state index in [0.717, 1.165) is 23.5 Å². The van der Waals surface area contributed by atoms with Crippen LogP contribution in [0.5, 0.6) is 5.75 Å². The van der Waals surface area contributed by atoms with Gasteiger partial charge in [0.1, 0.15) is 11.6 Å². The topological polar surface area (TPSA) is 25.4 Å². The summed E-state index contributed by atoms with van der Waals surface area (Å²) in [6.45, 7) is 0.852. The van der Waals surface area contributed by atoms with Crippen LogP contribution in [0.25, 0.3) is 10.8 Å². The van der Waals surface area contributed by atoms with Crippen LogP contribution in [0, 0.1) is 0 Å². The molecule has 1 saturated carbocycles. The molecule has 1 aromatic heterocycles. The first-order chi connectivity index (χ1) is 9.83. The first-order valence-electron chi connectivity index (χ1n) is 7.09. The number of fused-ring (bicyclic) bond motifs is 1. The molecule has 20 heavy (non-hydrogen) atoms. The lowest BCUT2D eigenvalue weighted by atomic mass is 9.91. The molecule has 4 heteroatoms. The molecule has 3 rings (SSSR count). The summed E-state index contributed by atoms with van der Waals surface area (Å²) in [4.78, 5) is 6.98. The normalized spacial score (nSPS) is 15.1. The van der Waals surface area contributed by atoms with Crippen LogP contribution in [0.1, 0.15) is 19.3 Å². The molecule has 0 N–H and O–H groups in total. The molecule has 0 bridgehead atoms. The van der Waals surface area contributed by atoms with Gasteiger partial charge in [-0.1, -0.05) is 0 Å². The second kappa shape index (κ2) is 5.88. The Morgan fingerprint density at radius 1 is 1.35 bits per heavy atom. The zero-order valence-corrected chi connectivity index (χ0v) is 12.4. The Labute approximate surface area is 124 Å². The fourth-order valence-electron chi connectivity index (χ4n) is 2.75. The fourth-order valence-corrected chi connectivity index (χ4v) is 2.93. The van der Waals surface area contributed by atoms with Gasteiger partial charge >= 0.3 is 0 Å². The molecular formula is C16H19ClN2O. The number of halogens is 1. The van der Waals surface area contributed by atoms with Crippen molar-refractivity contribution < 1.29 is 4.74 Å². The SMILES string of the molecule is COc1ccc2c(N(CCCl)C3CCC3)nccc2c1. The number of rotatable bonds is 5. The first kappa shape index (κ1) is 13.5. The number of anilines is 1. The Bertz CT molecular complexity index is 598. The standard InChI is InChI=1S/C16H19ClN2O/c1-20-14-5-6-15-12(11-14)7-9-18-16(15)19(10-8-17)13-3-2-4-13/h5-7,9,11,13H,2-4,8,10H2,1H3. The van der Waals surface area contributed by atoms with Gasteiger partial charge in [-0.25, -0.2) is 4.98 Å². The number of pyridine rings is 1. The van der Waals surface area contributed by atoms with Crippen LogP contribution >= 0.6 is 11.6 Å². The zero-order valence-electron chi connectivity index (χ0n) is 11.7. The van der Waals surface area contributed by atoms with Gasteiger partial charge in [0.25, 0.3) is 0 Å². The highest BCUT2D eigenvalue weighted by molar-refractivity contribution is 6.18.